The predicted octanol–water partition coefficient (Wildman–Crippen LogP) is 5.49. The number of nitrogens with zero attached hydrogens (tertiary/aromatic N) is 1. The highest BCUT2D eigenvalue weighted by Crippen LogP contribution is 2.41. The van der Waals surface area contributed by atoms with E-state index in [1.54, 1.807) is 6.07 Å². The number of fused-ring (bicyclic) bond motifs is 1. The maximum atomic E-state index is 13.0. The van der Waals surface area contributed by atoms with Crippen LogP contribution in [0.25, 0.3) is 0 Å². The molecule has 0 aliphatic carbocycles. The Morgan fingerprint density at radius 3 is 2.77 bits per heavy atom. The Balaban J connectivity index is 1.39. The predicted molar refractivity (Wildman–Crippen MR) is 126 cm³/mol. The zero-order chi connectivity index (χ0) is 22.0. The molecule has 0 bridgehead atoms. The average molecular weight is 439 g/mol. The quantitative estimate of drug-likeness (QED) is 0.607. The first kappa shape index (κ1) is 22.0. The first-order valence-electron chi connectivity index (χ1n) is 11.3. The summed E-state index contributed by atoms with van der Waals surface area (Å²) in [7, 11) is 0. The summed E-state index contributed by atoms with van der Waals surface area (Å²) in [6, 6.07) is 14.3. The topological polar surface area (TPSA) is 49.4 Å². The molecule has 2 aromatic carbocycles. The molecule has 1 N–H and O–H groups in total. The van der Waals surface area contributed by atoms with E-state index in [1.165, 1.54) is 18.4 Å². The number of anilines is 1. The molecule has 1 atom stereocenters. The molecule has 1 saturated heterocycles. The molecule has 2 aliphatic heterocycles. The standard InChI is InChI=1S/C26H31ClN2O2/c1-26(2)16-24(31)28-25-21(26)14-20(15-22(25)27)23(30)10-12-29-11-6-9-19(17-29)13-18-7-4-3-5-8-18/h3-5,7-8,14-15,19H,6,9-13,16-17H2,1-2H3,(H,28,31)/t19-/m0/s1. The number of hydrogen-bond acceptors (Lipinski definition) is 3. The Labute approximate surface area is 190 Å². The number of halogens is 1. The van der Waals surface area contributed by atoms with E-state index in [4.69, 9.17) is 11.6 Å². The van der Waals surface area contributed by atoms with E-state index in [0.29, 0.717) is 35.0 Å². The van der Waals surface area contributed by atoms with Gasteiger partial charge in [0.15, 0.2) is 5.78 Å². The molecule has 2 heterocycles. The number of carbonyl (C=O) groups is 2. The number of amides is 1. The van der Waals surface area contributed by atoms with E-state index >= 15 is 0 Å². The van der Waals surface area contributed by atoms with Gasteiger partial charge in [0.1, 0.15) is 0 Å². The molecule has 4 rings (SSSR count). The van der Waals surface area contributed by atoms with Crippen LogP contribution in [0, 0.1) is 5.92 Å². The molecule has 0 radical (unpaired) electrons. The van der Waals surface area contributed by atoms with Gasteiger partial charge in [0.25, 0.3) is 0 Å². The number of carbonyl (C=O) groups excluding carboxylic acids is 2. The first-order chi connectivity index (χ1) is 14.8. The summed E-state index contributed by atoms with van der Waals surface area (Å²) >= 11 is 6.45. The van der Waals surface area contributed by atoms with Crippen LogP contribution < -0.4 is 5.32 Å². The molecule has 31 heavy (non-hydrogen) atoms. The average Bonchev–Trinajstić information content (AvgIpc) is 2.73. The lowest BCUT2D eigenvalue weighted by Gasteiger charge is -2.33. The summed E-state index contributed by atoms with van der Waals surface area (Å²) in [5.41, 5.74) is 3.30. The zero-order valence-corrected chi connectivity index (χ0v) is 19.2. The maximum absolute atomic E-state index is 13.0. The van der Waals surface area contributed by atoms with E-state index in [2.05, 4.69) is 40.5 Å². The molecule has 0 unspecified atom stereocenters. The van der Waals surface area contributed by atoms with Gasteiger partial charge in [-0.2, -0.15) is 0 Å². The number of rotatable bonds is 6. The van der Waals surface area contributed by atoms with Gasteiger partial charge >= 0.3 is 0 Å². The highest BCUT2D eigenvalue weighted by atomic mass is 35.5. The number of likely N-dealkylation sites (tertiary alicyclic amines) is 1. The van der Waals surface area contributed by atoms with E-state index in [9.17, 15) is 9.59 Å². The molecule has 0 spiro atoms. The summed E-state index contributed by atoms with van der Waals surface area (Å²) in [5.74, 6) is 0.727. The van der Waals surface area contributed by atoms with Gasteiger partial charge in [-0.25, -0.2) is 0 Å². The van der Waals surface area contributed by atoms with E-state index < -0.39 is 0 Å². The van der Waals surface area contributed by atoms with Crippen molar-refractivity contribution >= 4 is 29.0 Å². The molecule has 0 saturated carbocycles. The van der Waals surface area contributed by atoms with Crippen LogP contribution in [0.15, 0.2) is 42.5 Å². The maximum Gasteiger partial charge on any atom is 0.225 e. The third-order valence-corrected chi connectivity index (χ3v) is 6.93. The van der Waals surface area contributed by atoms with Crippen LogP contribution >= 0.6 is 11.6 Å². The van der Waals surface area contributed by atoms with Crippen molar-refractivity contribution in [2.45, 2.75) is 51.4 Å². The second-order valence-electron chi connectivity index (χ2n) is 9.66. The van der Waals surface area contributed by atoms with Crippen LogP contribution in [-0.4, -0.2) is 36.2 Å². The lowest BCUT2D eigenvalue weighted by Crippen LogP contribution is -2.37. The van der Waals surface area contributed by atoms with Crippen LogP contribution in [0.4, 0.5) is 5.69 Å². The molecule has 4 nitrogen and oxygen atoms in total. The van der Waals surface area contributed by atoms with Gasteiger partial charge in [0.05, 0.1) is 10.7 Å². The van der Waals surface area contributed by atoms with E-state index in [0.717, 1.165) is 31.6 Å². The number of piperidine rings is 1. The van der Waals surface area contributed by atoms with Crippen LogP contribution in [0.1, 0.15) is 61.0 Å². The Hall–Kier alpha value is -2.17. The molecular formula is C26H31ClN2O2. The highest BCUT2D eigenvalue weighted by molar-refractivity contribution is 6.34. The number of hydrogen-bond donors (Lipinski definition) is 1. The summed E-state index contributed by atoms with van der Waals surface area (Å²) in [4.78, 5) is 27.4. The van der Waals surface area contributed by atoms with Crippen molar-refractivity contribution in [3.63, 3.8) is 0 Å². The normalized spacial score (nSPS) is 20.7. The summed E-state index contributed by atoms with van der Waals surface area (Å²) in [6.45, 7) is 6.93. The smallest absolute Gasteiger partial charge is 0.225 e. The Bertz CT molecular complexity index is 971. The minimum Gasteiger partial charge on any atom is -0.324 e. The second-order valence-corrected chi connectivity index (χ2v) is 10.1. The SMILES string of the molecule is CC1(C)CC(=O)Nc2c(Cl)cc(C(=O)CCN3CCC[C@@H](Cc4ccccc4)C3)cc21. The first-order valence-corrected chi connectivity index (χ1v) is 11.6. The molecule has 5 heteroatoms. The van der Waals surface area contributed by atoms with Crippen LogP contribution in [0.2, 0.25) is 5.02 Å². The molecule has 2 aromatic rings. The minimum atomic E-state index is -0.338. The van der Waals surface area contributed by atoms with Crippen molar-refractivity contribution in [3.8, 4) is 0 Å². The van der Waals surface area contributed by atoms with E-state index in [-0.39, 0.29) is 17.1 Å². The minimum absolute atomic E-state index is 0.0337. The van der Waals surface area contributed by atoms with Gasteiger partial charge in [-0.1, -0.05) is 55.8 Å². The number of ketones is 1. The van der Waals surface area contributed by atoms with Gasteiger partial charge in [-0.3, -0.25) is 9.59 Å². The van der Waals surface area contributed by atoms with Gasteiger partial charge in [0, 0.05) is 36.9 Å². The molecule has 164 valence electrons. The monoisotopic (exact) mass is 438 g/mol. The van der Waals surface area contributed by atoms with Crippen molar-refractivity contribution in [1.82, 2.24) is 4.90 Å². The van der Waals surface area contributed by atoms with Crippen molar-refractivity contribution < 1.29 is 9.59 Å². The third-order valence-electron chi connectivity index (χ3n) is 6.63. The Kier molecular flexibility index (Phi) is 6.49. The Morgan fingerprint density at radius 2 is 2.00 bits per heavy atom. The second kappa shape index (κ2) is 9.13. The van der Waals surface area contributed by atoms with Crippen molar-refractivity contribution in [1.29, 1.82) is 0 Å². The molecule has 0 aromatic heterocycles. The van der Waals surface area contributed by atoms with Gasteiger partial charge in [0.2, 0.25) is 5.91 Å². The van der Waals surface area contributed by atoms with Crippen molar-refractivity contribution in [2.24, 2.45) is 5.92 Å². The van der Waals surface area contributed by atoms with E-state index in [1.807, 2.05) is 19.9 Å². The molecule has 1 amide bonds. The molecule has 2 aliphatic rings. The number of nitrogens with one attached hydrogen (secondary N) is 1. The lowest BCUT2D eigenvalue weighted by molar-refractivity contribution is -0.117. The summed E-state index contributed by atoms with van der Waals surface area (Å²) < 4.78 is 0. The molecular weight excluding hydrogens is 408 g/mol. The highest BCUT2D eigenvalue weighted by Gasteiger charge is 2.34. The van der Waals surface area contributed by atoms with Crippen molar-refractivity contribution in [2.75, 3.05) is 25.0 Å². The van der Waals surface area contributed by atoms with Crippen molar-refractivity contribution in [3.05, 3.63) is 64.2 Å². The van der Waals surface area contributed by atoms with Crippen LogP contribution in [-0.2, 0) is 16.6 Å². The lowest BCUT2D eigenvalue weighted by atomic mass is 9.77. The largest absolute Gasteiger partial charge is 0.324 e. The van der Waals surface area contributed by atoms with Gasteiger partial charge < -0.3 is 10.2 Å². The van der Waals surface area contributed by atoms with Crippen LogP contribution in [0.3, 0.4) is 0 Å². The fourth-order valence-electron chi connectivity index (χ4n) is 4.98. The fraction of sp³-hybridized carbons (Fsp3) is 0.462. The fourth-order valence-corrected chi connectivity index (χ4v) is 5.25. The number of benzene rings is 2. The van der Waals surface area contributed by atoms with Gasteiger partial charge in [-0.05, 0) is 55.0 Å². The summed E-state index contributed by atoms with van der Waals surface area (Å²) in [5, 5.41) is 3.32. The third kappa shape index (κ3) is 5.19. The Morgan fingerprint density at radius 1 is 1.23 bits per heavy atom. The number of Topliss-reactive ketones (excluding diaryl/α,β-unsaturated/α-hetero) is 1. The van der Waals surface area contributed by atoms with Crippen LogP contribution in [0.5, 0.6) is 0 Å². The summed E-state index contributed by atoms with van der Waals surface area (Å²) in [6.07, 6.45) is 4.42. The van der Waals surface area contributed by atoms with Gasteiger partial charge in [-0.15, -0.1) is 0 Å². The molecule has 1 fully saturated rings. The zero-order valence-electron chi connectivity index (χ0n) is 18.4.